The molecule has 1 aromatic heterocycles. The second kappa shape index (κ2) is 7.94. The van der Waals surface area contributed by atoms with Gasteiger partial charge in [0.25, 0.3) is 0 Å². The van der Waals surface area contributed by atoms with E-state index in [1.165, 1.54) is 0 Å². The van der Waals surface area contributed by atoms with E-state index >= 15 is 0 Å². The van der Waals surface area contributed by atoms with Gasteiger partial charge >= 0.3 is 0 Å². The molecule has 2 aromatic rings. The lowest BCUT2D eigenvalue weighted by atomic mass is 10.2. The maximum absolute atomic E-state index is 5.42. The normalized spacial score (nSPS) is 10.7. The summed E-state index contributed by atoms with van der Waals surface area (Å²) in [7, 11) is 1.69. The number of ether oxygens (including phenoxy) is 2. The van der Waals surface area contributed by atoms with Crippen LogP contribution < -0.4 is 10.1 Å². The minimum atomic E-state index is 0.676. The van der Waals surface area contributed by atoms with Crippen LogP contribution in [-0.4, -0.2) is 37.1 Å². The molecule has 0 fully saturated rings. The molecule has 2 rings (SSSR count). The van der Waals surface area contributed by atoms with Crippen molar-refractivity contribution in [1.82, 2.24) is 15.5 Å². The highest BCUT2D eigenvalue weighted by Crippen LogP contribution is 2.25. The van der Waals surface area contributed by atoms with Gasteiger partial charge in [-0.15, -0.1) is 10.2 Å². The van der Waals surface area contributed by atoms with Gasteiger partial charge in [0.05, 0.1) is 13.2 Å². The van der Waals surface area contributed by atoms with Gasteiger partial charge in [0.2, 0.25) is 0 Å². The van der Waals surface area contributed by atoms with Crippen LogP contribution >= 0.6 is 11.3 Å². The summed E-state index contributed by atoms with van der Waals surface area (Å²) in [4.78, 5) is 0. The number of aromatic nitrogens is 2. The van der Waals surface area contributed by atoms with Crippen LogP contribution in [0, 0.1) is 0 Å². The number of nitrogens with zero attached hydrogens (tertiary/aromatic N) is 2. The molecule has 0 atom stereocenters. The molecule has 1 heterocycles. The van der Waals surface area contributed by atoms with Crippen molar-refractivity contribution in [3.05, 3.63) is 29.3 Å². The molecule has 6 heteroatoms. The number of rotatable bonds is 8. The first kappa shape index (κ1) is 14.9. The van der Waals surface area contributed by atoms with Crippen molar-refractivity contribution >= 4 is 11.3 Å². The molecule has 1 aromatic carbocycles. The lowest BCUT2D eigenvalue weighted by molar-refractivity contribution is 0.199. The summed E-state index contributed by atoms with van der Waals surface area (Å²) < 4.78 is 10.4. The maximum Gasteiger partial charge on any atom is 0.147 e. The molecule has 1 N–H and O–H groups in total. The van der Waals surface area contributed by atoms with Crippen LogP contribution in [0.5, 0.6) is 5.75 Å². The van der Waals surface area contributed by atoms with Crippen LogP contribution in [0.1, 0.15) is 11.9 Å². The SMILES string of the molecule is CCOc1ccc(-c2nnc(CNCCOC)s2)cc1. The maximum atomic E-state index is 5.42. The third-order valence-corrected chi connectivity index (χ3v) is 3.61. The Morgan fingerprint density at radius 1 is 1.20 bits per heavy atom. The van der Waals surface area contributed by atoms with Crippen LogP contribution in [0.3, 0.4) is 0 Å². The third-order valence-electron chi connectivity index (χ3n) is 2.64. The predicted molar refractivity (Wildman–Crippen MR) is 80.1 cm³/mol. The van der Waals surface area contributed by atoms with Crippen LogP contribution in [0.15, 0.2) is 24.3 Å². The molecule has 20 heavy (non-hydrogen) atoms. The predicted octanol–water partition coefficient (Wildman–Crippen LogP) is 2.34. The van der Waals surface area contributed by atoms with E-state index in [1.54, 1.807) is 18.4 Å². The van der Waals surface area contributed by atoms with E-state index in [9.17, 15) is 0 Å². The minimum Gasteiger partial charge on any atom is -0.494 e. The molecule has 0 aliphatic rings. The third kappa shape index (κ3) is 4.26. The molecular formula is C14H19N3O2S. The summed E-state index contributed by atoms with van der Waals surface area (Å²) in [6, 6.07) is 7.93. The van der Waals surface area contributed by atoms with Gasteiger partial charge in [-0.25, -0.2) is 0 Å². The molecule has 0 saturated heterocycles. The molecule has 108 valence electrons. The van der Waals surface area contributed by atoms with Crippen molar-refractivity contribution in [2.45, 2.75) is 13.5 Å². The lowest BCUT2D eigenvalue weighted by Gasteiger charge is -2.02. The summed E-state index contributed by atoms with van der Waals surface area (Å²) in [5, 5.41) is 13.6. The van der Waals surface area contributed by atoms with Crippen molar-refractivity contribution in [1.29, 1.82) is 0 Å². The number of benzene rings is 1. The monoisotopic (exact) mass is 293 g/mol. The largest absolute Gasteiger partial charge is 0.494 e. The van der Waals surface area contributed by atoms with E-state index in [-0.39, 0.29) is 0 Å². The zero-order valence-electron chi connectivity index (χ0n) is 11.8. The zero-order chi connectivity index (χ0) is 14.2. The molecule has 0 bridgehead atoms. The average Bonchev–Trinajstić information content (AvgIpc) is 2.94. The Hall–Kier alpha value is -1.50. The number of hydrogen-bond acceptors (Lipinski definition) is 6. The highest BCUT2D eigenvalue weighted by atomic mass is 32.1. The Labute approximate surface area is 123 Å². The van der Waals surface area contributed by atoms with Crippen molar-refractivity contribution < 1.29 is 9.47 Å². The Morgan fingerprint density at radius 3 is 2.70 bits per heavy atom. The van der Waals surface area contributed by atoms with Crippen molar-refractivity contribution in [2.75, 3.05) is 26.9 Å². The Kier molecular flexibility index (Phi) is 5.91. The number of methoxy groups -OCH3 is 1. The molecule has 0 amide bonds. The number of hydrogen-bond donors (Lipinski definition) is 1. The molecular weight excluding hydrogens is 274 g/mol. The Balaban J connectivity index is 1.93. The summed E-state index contributed by atoms with van der Waals surface area (Å²) in [6.45, 7) is 4.88. The summed E-state index contributed by atoms with van der Waals surface area (Å²) in [5.41, 5.74) is 1.06. The standard InChI is InChI=1S/C14H19N3O2S/c1-3-19-12-6-4-11(5-7-12)14-17-16-13(20-14)10-15-8-9-18-2/h4-7,15H,3,8-10H2,1-2H3. The first-order valence-corrected chi connectivity index (χ1v) is 7.40. The minimum absolute atomic E-state index is 0.676. The summed E-state index contributed by atoms with van der Waals surface area (Å²) >= 11 is 1.60. The quantitative estimate of drug-likeness (QED) is 0.757. The molecule has 0 aliphatic carbocycles. The first-order valence-electron chi connectivity index (χ1n) is 6.58. The van der Waals surface area contributed by atoms with E-state index in [0.29, 0.717) is 13.2 Å². The van der Waals surface area contributed by atoms with Gasteiger partial charge in [-0.05, 0) is 31.2 Å². The highest BCUT2D eigenvalue weighted by Gasteiger charge is 2.06. The van der Waals surface area contributed by atoms with Gasteiger partial charge in [0, 0.05) is 25.8 Å². The highest BCUT2D eigenvalue weighted by molar-refractivity contribution is 7.14. The first-order chi connectivity index (χ1) is 9.83. The fraction of sp³-hybridized carbons (Fsp3) is 0.429. The second-order valence-corrected chi connectivity index (χ2v) is 5.19. The van der Waals surface area contributed by atoms with E-state index < -0.39 is 0 Å². The van der Waals surface area contributed by atoms with E-state index in [1.807, 2.05) is 31.2 Å². The summed E-state index contributed by atoms with van der Waals surface area (Å²) in [5.74, 6) is 0.877. The van der Waals surface area contributed by atoms with Gasteiger partial charge in [0.1, 0.15) is 15.8 Å². The second-order valence-electron chi connectivity index (χ2n) is 4.13. The molecule has 5 nitrogen and oxygen atoms in total. The van der Waals surface area contributed by atoms with Crippen molar-refractivity contribution in [3.8, 4) is 16.3 Å². The number of nitrogens with one attached hydrogen (secondary N) is 1. The van der Waals surface area contributed by atoms with E-state index in [0.717, 1.165) is 34.4 Å². The van der Waals surface area contributed by atoms with Gasteiger partial charge in [-0.2, -0.15) is 0 Å². The molecule has 0 unspecified atom stereocenters. The zero-order valence-corrected chi connectivity index (χ0v) is 12.6. The van der Waals surface area contributed by atoms with Crippen LogP contribution in [0.25, 0.3) is 10.6 Å². The van der Waals surface area contributed by atoms with Gasteiger partial charge in [-0.3, -0.25) is 0 Å². The molecule has 0 saturated carbocycles. The van der Waals surface area contributed by atoms with Gasteiger partial charge in [0.15, 0.2) is 0 Å². The van der Waals surface area contributed by atoms with E-state index in [4.69, 9.17) is 9.47 Å². The van der Waals surface area contributed by atoms with E-state index in [2.05, 4.69) is 15.5 Å². The van der Waals surface area contributed by atoms with Gasteiger partial charge in [-0.1, -0.05) is 11.3 Å². The fourth-order valence-corrected chi connectivity index (χ4v) is 2.49. The summed E-state index contributed by atoms with van der Waals surface area (Å²) in [6.07, 6.45) is 0. The van der Waals surface area contributed by atoms with Crippen LogP contribution in [-0.2, 0) is 11.3 Å². The van der Waals surface area contributed by atoms with Crippen molar-refractivity contribution in [3.63, 3.8) is 0 Å². The van der Waals surface area contributed by atoms with Crippen LogP contribution in [0.4, 0.5) is 0 Å². The Morgan fingerprint density at radius 2 is 2.00 bits per heavy atom. The van der Waals surface area contributed by atoms with Crippen LogP contribution in [0.2, 0.25) is 0 Å². The molecule has 0 aliphatic heterocycles. The average molecular weight is 293 g/mol. The Bertz CT molecular complexity index is 513. The smallest absolute Gasteiger partial charge is 0.147 e. The topological polar surface area (TPSA) is 56.3 Å². The van der Waals surface area contributed by atoms with Crippen molar-refractivity contribution in [2.24, 2.45) is 0 Å². The molecule has 0 spiro atoms. The fourth-order valence-electron chi connectivity index (χ4n) is 1.67. The lowest BCUT2D eigenvalue weighted by Crippen LogP contribution is -2.18. The van der Waals surface area contributed by atoms with Gasteiger partial charge < -0.3 is 14.8 Å². The molecule has 0 radical (unpaired) electrons.